The van der Waals surface area contributed by atoms with Crippen LogP contribution in [0.25, 0.3) is 0 Å². The van der Waals surface area contributed by atoms with Gasteiger partial charge in [0.1, 0.15) is 0 Å². The van der Waals surface area contributed by atoms with Crippen LogP contribution in [0.2, 0.25) is 5.02 Å². The second-order valence-electron chi connectivity index (χ2n) is 6.65. The van der Waals surface area contributed by atoms with E-state index >= 15 is 0 Å². The van der Waals surface area contributed by atoms with E-state index in [4.69, 9.17) is 11.6 Å². The first-order valence-corrected chi connectivity index (χ1v) is 11.4. The first-order valence-electron chi connectivity index (χ1n) is 8.73. The molecule has 1 atom stereocenters. The Bertz CT molecular complexity index is 943. The van der Waals surface area contributed by atoms with Crippen LogP contribution in [-0.2, 0) is 21.4 Å². The van der Waals surface area contributed by atoms with E-state index in [9.17, 15) is 13.2 Å². The zero-order chi connectivity index (χ0) is 19.6. The lowest BCUT2D eigenvalue weighted by molar-refractivity contribution is -0.119. The molecule has 2 aromatic rings. The number of rotatable bonds is 5. The number of carbonyl (C=O) groups is 1. The normalized spacial score (nSPS) is 18.4. The van der Waals surface area contributed by atoms with E-state index < -0.39 is 10.0 Å². The van der Waals surface area contributed by atoms with Crippen LogP contribution in [0.15, 0.2) is 28.5 Å². The lowest BCUT2D eigenvalue weighted by Crippen LogP contribution is -2.39. The molecule has 146 valence electrons. The molecule has 6 nitrogen and oxygen atoms in total. The number of halogens is 1. The van der Waals surface area contributed by atoms with Gasteiger partial charge in [0.15, 0.2) is 0 Å². The Kier molecular flexibility index (Phi) is 6.20. The molecule has 1 amide bonds. The Hall–Kier alpha value is -1.48. The predicted octanol–water partition coefficient (Wildman–Crippen LogP) is 3.31. The molecule has 0 bridgehead atoms. The number of piperidine rings is 1. The minimum absolute atomic E-state index is 0.0593. The first-order chi connectivity index (χ1) is 12.8. The number of aromatic nitrogens is 1. The van der Waals surface area contributed by atoms with Gasteiger partial charge in [-0.1, -0.05) is 17.7 Å². The van der Waals surface area contributed by atoms with Gasteiger partial charge in [0.2, 0.25) is 15.9 Å². The standard InChI is InChI=1S/C18H22ClN3O3S2/c1-12-16(19)6-3-7-17(12)27(24,25)22-8-4-5-14(10-22)18-21-15(11-26-18)9-20-13(2)23/h3,6-7,11,14H,4-5,8-10H2,1-2H3,(H,20,23). The van der Waals surface area contributed by atoms with Crippen molar-refractivity contribution in [2.45, 2.75) is 44.0 Å². The summed E-state index contributed by atoms with van der Waals surface area (Å²) in [6.45, 7) is 4.49. The van der Waals surface area contributed by atoms with Crippen molar-refractivity contribution in [2.24, 2.45) is 0 Å². The summed E-state index contributed by atoms with van der Waals surface area (Å²) in [7, 11) is -3.60. The first kappa shape index (κ1) is 20.3. The summed E-state index contributed by atoms with van der Waals surface area (Å²) < 4.78 is 27.8. The maximum atomic E-state index is 13.1. The van der Waals surface area contributed by atoms with E-state index in [2.05, 4.69) is 10.3 Å². The largest absolute Gasteiger partial charge is 0.351 e. The quantitative estimate of drug-likeness (QED) is 0.793. The highest BCUT2D eigenvalue weighted by atomic mass is 35.5. The molecule has 1 saturated heterocycles. The lowest BCUT2D eigenvalue weighted by Gasteiger charge is -2.31. The van der Waals surface area contributed by atoms with Gasteiger partial charge >= 0.3 is 0 Å². The fourth-order valence-electron chi connectivity index (χ4n) is 3.17. The molecule has 1 aromatic carbocycles. The number of hydrogen-bond acceptors (Lipinski definition) is 5. The van der Waals surface area contributed by atoms with E-state index in [-0.39, 0.29) is 16.7 Å². The number of nitrogens with zero attached hydrogens (tertiary/aromatic N) is 2. The van der Waals surface area contributed by atoms with Crippen LogP contribution in [0, 0.1) is 6.92 Å². The Morgan fingerprint density at radius 2 is 2.22 bits per heavy atom. The van der Waals surface area contributed by atoms with Crippen molar-refractivity contribution >= 4 is 38.9 Å². The molecule has 1 aromatic heterocycles. The summed E-state index contributed by atoms with van der Waals surface area (Å²) in [6, 6.07) is 4.97. The molecule has 2 heterocycles. The molecular weight excluding hydrogens is 406 g/mol. The van der Waals surface area contributed by atoms with Gasteiger partial charge in [0, 0.05) is 36.3 Å². The smallest absolute Gasteiger partial charge is 0.243 e. The molecular formula is C18H22ClN3O3S2. The average molecular weight is 428 g/mol. The summed E-state index contributed by atoms with van der Waals surface area (Å²) in [5.41, 5.74) is 1.38. The second kappa shape index (κ2) is 8.26. The number of sulfonamides is 1. The van der Waals surface area contributed by atoms with Crippen molar-refractivity contribution in [1.29, 1.82) is 0 Å². The molecule has 0 saturated carbocycles. The average Bonchev–Trinajstić information content (AvgIpc) is 3.11. The third kappa shape index (κ3) is 4.51. The molecule has 1 N–H and O–H groups in total. The van der Waals surface area contributed by atoms with Crippen LogP contribution in [-0.4, -0.2) is 36.7 Å². The molecule has 3 rings (SSSR count). The molecule has 0 aliphatic carbocycles. The van der Waals surface area contributed by atoms with Gasteiger partial charge in [-0.2, -0.15) is 4.31 Å². The zero-order valence-corrected chi connectivity index (χ0v) is 17.6. The molecule has 0 radical (unpaired) electrons. The molecule has 1 aliphatic rings. The Labute approximate surface area is 168 Å². The zero-order valence-electron chi connectivity index (χ0n) is 15.2. The van der Waals surface area contributed by atoms with E-state index in [0.717, 1.165) is 23.5 Å². The summed E-state index contributed by atoms with van der Waals surface area (Å²) in [5, 5.41) is 6.01. The summed E-state index contributed by atoms with van der Waals surface area (Å²) in [6.07, 6.45) is 1.68. The number of hydrogen-bond donors (Lipinski definition) is 1. The van der Waals surface area contributed by atoms with E-state index in [0.29, 0.717) is 30.2 Å². The van der Waals surface area contributed by atoms with Crippen molar-refractivity contribution in [1.82, 2.24) is 14.6 Å². The third-order valence-electron chi connectivity index (χ3n) is 4.66. The lowest BCUT2D eigenvalue weighted by atomic mass is 10.0. The monoisotopic (exact) mass is 427 g/mol. The van der Waals surface area contributed by atoms with Gasteiger partial charge in [0.25, 0.3) is 0 Å². The maximum absolute atomic E-state index is 13.1. The molecule has 27 heavy (non-hydrogen) atoms. The summed E-state index contributed by atoms with van der Waals surface area (Å²) in [5.74, 6) is -0.0412. The van der Waals surface area contributed by atoms with Crippen molar-refractivity contribution in [3.05, 3.63) is 44.9 Å². The molecule has 1 aliphatic heterocycles. The van der Waals surface area contributed by atoms with Gasteiger partial charge < -0.3 is 5.32 Å². The number of thiazole rings is 1. The maximum Gasteiger partial charge on any atom is 0.243 e. The fourth-order valence-corrected chi connectivity index (χ4v) is 6.12. The summed E-state index contributed by atoms with van der Waals surface area (Å²) in [4.78, 5) is 15.9. The van der Waals surface area contributed by atoms with E-state index in [1.165, 1.54) is 22.6 Å². The van der Waals surface area contributed by atoms with Gasteiger partial charge in [-0.25, -0.2) is 13.4 Å². The van der Waals surface area contributed by atoms with Crippen LogP contribution in [0.1, 0.15) is 41.9 Å². The molecule has 9 heteroatoms. The van der Waals surface area contributed by atoms with E-state index in [1.54, 1.807) is 25.1 Å². The Balaban J connectivity index is 1.78. The Morgan fingerprint density at radius 3 is 2.96 bits per heavy atom. The van der Waals surface area contributed by atoms with Gasteiger partial charge in [-0.15, -0.1) is 11.3 Å². The van der Waals surface area contributed by atoms with Crippen LogP contribution in [0.4, 0.5) is 0 Å². The van der Waals surface area contributed by atoms with Crippen molar-refractivity contribution in [2.75, 3.05) is 13.1 Å². The van der Waals surface area contributed by atoms with Crippen LogP contribution in [0.3, 0.4) is 0 Å². The summed E-state index contributed by atoms with van der Waals surface area (Å²) >= 11 is 7.63. The second-order valence-corrected chi connectivity index (χ2v) is 9.86. The highest BCUT2D eigenvalue weighted by Gasteiger charge is 2.33. The third-order valence-corrected chi connectivity index (χ3v) is 8.13. The highest BCUT2D eigenvalue weighted by Crippen LogP contribution is 2.33. The fraction of sp³-hybridized carbons (Fsp3) is 0.444. The molecule has 1 fully saturated rings. The van der Waals surface area contributed by atoms with Crippen LogP contribution in [0.5, 0.6) is 0 Å². The van der Waals surface area contributed by atoms with Gasteiger partial charge in [-0.05, 0) is 37.5 Å². The van der Waals surface area contributed by atoms with Crippen LogP contribution < -0.4 is 5.32 Å². The molecule has 0 spiro atoms. The minimum atomic E-state index is -3.60. The van der Waals surface area contributed by atoms with E-state index in [1.807, 2.05) is 5.38 Å². The number of benzene rings is 1. The minimum Gasteiger partial charge on any atom is -0.351 e. The van der Waals surface area contributed by atoms with Crippen LogP contribution >= 0.6 is 22.9 Å². The van der Waals surface area contributed by atoms with Gasteiger partial charge in [0.05, 0.1) is 22.1 Å². The highest BCUT2D eigenvalue weighted by molar-refractivity contribution is 7.89. The van der Waals surface area contributed by atoms with Crippen molar-refractivity contribution in [3.63, 3.8) is 0 Å². The van der Waals surface area contributed by atoms with Crippen molar-refractivity contribution < 1.29 is 13.2 Å². The Morgan fingerprint density at radius 1 is 1.44 bits per heavy atom. The van der Waals surface area contributed by atoms with Gasteiger partial charge in [-0.3, -0.25) is 4.79 Å². The number of carbonyl (C=O) groups excluding carboxylic acids is 1. The number of nitrogens with one attached hydrogen (secondary N) is 1. The SMILES string of the molecule is CC(=O)NCc1csc(C2CCCN(S(=O)(=O)c3cccc(Cl)c3C)C2)n1. The topological polar surface area (TPSA) is 79.4 Å². The predicted molar refractivity (Wildman–Crippen MR) is 107 cm³/mol. The molecule has 1 unspecified atom stereocenters. The number of amides is 1. The van der Waals surface area contributed by atoms with Crippen molar-refractivity contribution in [3.8, 4) is 0 Å².